The number of benzene rings is 2. The van der Waals surface area contributed by atoms with E-state index < -0.39 is 0 Å². The van der Waals surface area contributed by atoms with E-state index in [1.54, 1.807) is 6.20 Å². The van der Waals surface area contributed by atoms with Crippen LogP contribution in [0.2, 0.25) is 0 Å². The Morgan fingerprint density at radius 2 is 2.07 bits per heavy atom. The number of hydrogen-bond donors (Lipinski definition) is 2. The van der Waals surface area contributed by atoms with E-state index in [4.69, 9.17) is 4.98 Å². The summed E-state index contributed by atoms with van der Waals surface area (Å²) in [6.07, 6.45) is 2.06. The normalized spacial score (nSPS) is 12.7. The Hall–Kier alpha value is -2.90. The fraction of sp³-hybridized carbons (Fsp3) is 0.261. The van der Waals surface area contributed by atoms with Crippen LogP contribution in [0.4, 0.5) is 17.3 Å². The van der Waals surface area contributed by atoms with Gasteiger partial charge in [-0.2, -0.15) is 0 Å². The summed E-state index contributed by atoms with van der Waals surface area (Å²) < 4.78 is 0. The predicted molar refractivity (Wildman–Crippen MR) is 121 cm³/mol. The van der Waals surface area contributed by atoms with Crippen LogP contribution in [0.5, 0.6) is 0 Å². The number of aliphatic hydroxyl groups excluding tert-OH is 1. The number of hydrogen-bond acceptors (Lipinski definition) is 7. The van der Waals surface area contributed by atoms with E-state index in [0.717, 1.165) is 45.2 Å². The van der Waals surface area contributed by atoms with Crippen LogP contribution in [0.15, 0.2) is 53.6 Å². The molecule has 0 amide bonds. The number of nitrogens with one attached hydrogen (secondary N) is 1. The van der Waals surface area contributed by atoms with Crippen LogP contribution in [0.25, 0.3) is 11.3 Å². The fourth-order valence-electron chi connectivity index (χ4n) is 3.59. The smallest absolute Gasteiger partial charge is 0.227 e. The van der Waals surface area contributed by atoms with Crippen molar-refractivity contribution in [2.45, 2.75) is 25.2 Å². The molecular weight excluding hydrogens is 396 g/mol. The molecule has 0 aliphatic carbocycles. The Morgan fingerprint density at radius 1 is 1.23 bits per heavy atom. The second-order valence-corrected chi connectivity index (χ2v) is 8.24. The van der Waals surface area contributed by atoms with Crippen molar-refractivity contribution in [1.82, 2.24) is 9.97 Å². The summed E-state index contributed by atoms with van der Waals surface area (Å²) in [7, 11) is 0. The molecule has 0 bridgehead atoms. The van der Waals surface area contributed by atoms with Gasteiger partial charge in [0.15, 0.2) is 5.12 Å². The highest BCUT2D eigenvalue weighted by Crippen LogP contribution is 2.37. The van der Waals surface area contributed by atoms with Crippen molar-refractivity contribution in [2.24, 2.45) is 0 Å². The summed E-state index contributed by atoms with van der Waals surface area (Å²) in [5, 5.41) is 12.7. The van der Waals surface area contributed by atoms with E-state index in [0.29, 0.717) is 18.9 Å². The Labute approximate surface area is 180 Å². The monoisotopic (exact) mass is 420 g/mol. The number of anilines is 3. The third kappa shape index (κ3) is 4.17. The Kier molecular flexibility index (Phi) is 6.01. The highest BCUT2D eigenvalue weighted by Gasteiger charge is 2.22. The fourth-order valence-corrected chi connectivity index (χ4v) is 4.49. The molecule has 3 aromatic rings. The molecule has 1 aromatic heterocycles. The van der Waals surface area contributed by atoms with Gasteiger partial charge in [0.25, 0.3) is 0 Å². The van der Waals surface area contributed by atoms with E-state index in [2.05, 4.69) is 28.2 Å². The molecule has 0 fully saturated rings. The zero-order valence-electron chi connectivity index (χ0n) is 17.1. The number of aliphatic hydroxyl groups is 1. The van der Waals surface area contributed by atoms with Crippen molar-refractivity contribution >= 4 is 34.2 Å². The molecule has 30 heavy (non-hydrogen) atoms. The third-order valence-electron chi connectivity index (χ3n) is 5.14. The van der Waals surface area contributed by atoms with Gasteiger partial charge in [0.05, 0.1) is 12.3 Å². The Bertz CT molecular complexity index is 1090. The zero-order valence-corrected chi connectivity index (χ0v) is 17.9. The maximum Gasteiger partial charge on any atom is 0.227 e. The molecule has 0 saturated heterocycles. The lowest BCUT2D eigenvalue weighted by atomic mass is 10.1. The molecule has 1 aliphatic heterocycles. The quantitative estimate of drug-likeness (QED) is 0.619. The topological polar surface area (TPSA) is 78.3 Å². The average molecular weight is 421 g/mol. The summed E-state index contributed by atoms with van der Waals surface area (Å²) in [6, 6.07) is 14.0. The van der Waals surface area contributed by atoms with E-state index in [-0.39, 0.29) is 11.7 Å². The standard InChI is InChI=1S/C23H24N4O2S/c1-3-27(10-11-28)17-8-9-19(15(2)12-17)25-23-24-14-16-13-21(29)30-20-7-5-4-6-18(20)22(16)26-23/h4-9,12,14,28H,3,10-11,13H2,1-2H3,(H,24,25,26). The van der Waals surface area contributed by atoms with Gasteiger partial charge in [-0.1, -0.05) is 30.0 Å². The first-order valence-corrected chi connectivity index (χ1v) is 10.8. The SMILES string of the molecule is CCN(CCO)c1ccc(Nc2ncc3c(n2)-c2ccccc2SC(=O)C3)c(C)c1. The summed E-state index contributed by atoms with van der Waals surface area (Å²) >= 11 is 1.26. The number of carbonyl (C=O) groups is 1. The molecule has 0 unspecified atom stereocenters. The zero-order chi connectivity index (χ0) is 21.1. The average Bonchev–Trinajstić information content (AvgIpc) is 2.88. The van der Waals surface area contributed by atoms with Crippen molar-refractivity contribution < 1.29 is 9.90 Å². The van der Waals surface area contributed by atoms with Crippen LogP contribution in [0.1, 0.15) is 18.1 Å². The van der Waals surface area contributed by atoms with E-state index in [1.807, 2.05) is 43.3 Å². The number of aryl methyl sites for hydroxylation is 1. The lowest BCUT2D eigenvalue weighted by molar-refractivity contribution is -0.110. The van der Waals surface area contributed by atoms with Gasteiger partial charge in [0, 0.05) is 53.1 Å². The van der Waals surface area contributed by atoms with Crippen LogP contribution < -0.4 is 10.2 Å². The highest BCUT2D eigenvalue weighted by molar-refractivity contribution is 8.13. The lowest BCUT2D eigenvalue weighted by Crippen LogP contribution is -2.26. The van der Waals surface area contributed by atoms with Gasteiger partial charge < -0.3 is 15.3 Å². The second kappa shape index (κ2) is 8.85. The minimum atomic E-state index is 0.0975. The molecule has 0 saturated carbocycles. The molecule has 154 valence electrons. The Morgan fingerprint density at radius 3 is 2.83 bits per heavy atom. The lowest BCUT2D eigenvalue weighted by Gasteiger charge is -2.23. The first-order valence-electron chi connectivity index (χ1n) is 9.98. The summed E-state index contributed by atoms with van der Waals surface area (Å²) in [5.41, 5.74) is 5.67. The number of likely N-dealkylation sites (N-methyl/N-ethyl adjacent to an activating group) is 1. The van der Waals surface area contributed by atoms with Crippen LogP contribution >= 0.6 is 11.8 Å². The number of fused-ring (bicyclic) bond motifs is 3. The van der Waals surface area contributed by atoms with Gasteiger partial charge in [-0.3, -0.25) is 4.79 Å². The molecule has 2 aromatic carbocycles. The van der Waals surface area contributed by atoms with Gasteiger partial charge in [-0.05, 0) is 43.7 Å². The van der Waals surface area contributed by atoms with Crippen LogP contribution in [-0.4, -0.2) is 39.9 Å². The Balaban J connectivity index is 1.65. The molecule has 0 spiro atoms. The summed E-state index contributed by atoms with van der Waals surface area (Å²) in [6.45, 7) is 5.66. The number of carbonyl (C=O) groups excluding carboxylic acids is 1. The molecule has 0 atom stereocenters. The number of nitrogens with zero attached hydrogens (tertiary/aromatic N) is 3. The molecule has 6 nitrogen and oxygen atoms in total. The molecule has 0 radical (unpaired) electrons. The molecular formula is C23H24N4O2S. The van der Waals surface area contributed by atoms with Crippen molar-refractivity contribution in [3.05, 3.63) is 59.8 Å². The second-order valence-electron chi connectivity index (χ2n) is 7.14. The minimum Gasteiger partial charge on any atom is -0.395 e. The van der Waals surface area contributed by atoms with Crippen molar-refractivity contribution in [3.8, 4) is 11.3 Å². The predicted octanol–water partition coefficient (Wildman–Crippen LogP) is 4.19. The van der Waals surface area contributed by atoms with Crippen molar-refractivity contribution in [3.63, 3.8) is 0 Å². The van der Waals surface area contributed by atoms with Gasteiger partial charge in [-0.15, -0.1) is 0 Å². The van der Waals surface area contributed by atoms with Gasteiger partial charge >= 0.3 is 0 Å². The molecule has 1 aliphatic rings. The van der Waals surface area contributed by atoms with E-state index >= 15 is 0 Å². The molecule has 2 heterocycles. The molecule has 4 rings (SSSR count). The van der Waals surface area contributed by atoms with Gasteiger partial charge in [0.2, 0.25) is 5.95 Å². The first-order chi connectivity index (χ1) is 14.6. The number of aromatic nitrogens is 2. The van der Waals surface area contributed by atoms with Gasteiger partial charge in [-0.25, -0.2) is 9.97 Å². The molecule has 2 N–H and O–H groups in total. The largest absolute Gasteiger partial charge is 0.395 e. The van der Waals surface area contributed by atoms with Crippen LogP contribution in [-0.2, 0) is 11.2 Å². The van der Waals surface area contributed by atoms with E-state index in [1.165, 1.54) is 11.8 Å². The van der Waals surface area contributed by atoms with Crippen molar-refractivity contribution in [2.75, 3.05) is 29.9 Å². The van der Waals surface area contributed by atoms with Gasteiger partial charge in [0.1, 0.15) is 0 Å². The molecule has 7 heteroatoms. The maximum absolute atomic E-state index is 12.3. The number of rotatable bonds is 6. The third-order valence-corrected chi connectivity index (χ3v) is 6.09. The summed E-state index contributed by atoms with van der Waals surface area (Å²) in [5.74, 6) is 0.501. The van der Waals surface area contributed by atoms with E-state index in [9.17, 15) is 9.90 Å². The number of thioether (sulfide) groups is 1. The van der Waals surface area contributed by atoms with Crippen LogP contribution in [0.3, 0.4) is 0 Å². The summed E-state index contributed by atoms with van der Waals surface area (Å²) in [4.78, 5) is 24.5. The highest BCUT2D eigenvalue weighted by atomic mass is 32.2. The maximum atomic E-state index is 12.3. The first kappa shape index (κ1) is 20.4. The van der Waals surface area contributed by atoms with Crippen molar-refractivity contribution in [1.29, 1.82) is 0 Å². The van der Waals surface area contributed by atoms with Crippen LogP contribution in [0, 0.1) is 6.92 Å². The minimum absolute atomic E-state index is 0.0975.